The lowest BCUT2D eigenvalue weighted by molar-refractivity contribution is -0.683. The molecule has 0 saturated heterocycles. The standard InChI is InChI=1S/C34H48N2O4S/c1-4-5-6-7-8-9-10-11-12-13-14-17-23-39-34-31(38-3)21-18-22-32(34)40-26-33(37)35-30-20-16-15-19-29(30)25-36-24-28(2)41-27-36/h15-16,18-22,24,27H,4-14,17,23,25-26H2,1-3H3/p+1. The second-order valence-corrected chi connectivity index (χ2v) is 11.7. The first kappa shape index (κ1) is 32.5. The molecule has 0 fully saturated rings. The van der Waals surface area contributed by atoms with Crippen molar-refractivity contribution in [1.29, 1.82) is 0 Å². The second kappa shape index (κ2) is 19.1. The number of thiazole rings is 1. The quantitative estimate of drug-likeness (QED) is 0.101. The van der Waals surface area contributed by atoms with Crippen LogP contribution in [0.3, 0.4) is 0 Å². The molecule has 1 amide bonds. The van der Waals surface area contributed by atoms with Crippen molar-refractivity contribution in [3.05, 3.63) is 64.6 Å². The minimum absolute atomic E-state index is 0.124. The van der Waals surface area contributed by atoms with E-state index in [-0.39, 0.29) is 12.5 Å². The van der Waals surface area contributed by atoms with Crippen molar-refractivity contribution in [2.24, 2.45) is 0 Å². The van der Waals surface area contributed by atoms with Crippen LogP contribution in [0, 0.1) is 6.92 Å². The number of carbonyl (C=O) groups excluding carboxylic acids is 1. The molecule has 0 radical (unpaired) electrons. The fourth-order valence-electron chi connectivity index (χ4n) is 4.86. The van der Waals surface area contributed by atoms with E-state index in [1.807, 2.05) is 42.5 Å². The van der Waals surface area contributed by atoms with Gasteiger partial charge in [0.1, 0.15) is 0 Å². The average Bonchev–Trinajstić information content (AvgIpc) is 3.39. The van der Waals surface area contributed by atoms with Crippen LogP contribution in [0.4, 0.5) is 5.69 Å². The summed E-state index contributed by atoms with van der Waals surface area (Å²) in [7, 11) is 1.62. The molecular weight excluding hydrogens is 532 g/mol. The summed E-state index contributed by atoms with van der Waals surface area (Å²) in [6, 6.07) is 13.4. The van der Waals surface area contributed by atoms with Gasteiger partial charge in [-0.2, -0.15) is 4.57 Å². The molecule has 0 saturated carbocycles. The van der Waals surface area contributed by atoms with E-state index in [1.165, 1.54) is 69.1 Å². The number of para-hydroxylation sites is 2. The molecule has 3 aromatic rings. The van der Waals surface area contributed by atoms with E-state index in [2.05, 4.69) is 35.4 Å². The third-order valence-corrected chi connectivity index (χ3v) is 7.99. The van der Waals surface area contributed by atoms with Crippen molar-refractivity contribution in [3.8, 4) is 17.2 Å². The van der Waals surface area contributed by atoms with Crippen LogP contribution in [-0.2, 0) is 11.3 Å². The highest BCUT2D eigenvalue weighted by atomic mass is 32.1. The lowest BCUT2D eigenvalue weighted by Crippen LogP contribution is -2.31. The number of aryl methyl sites for hydroxylation is 1. The first-order valence-electron chi connectivity index (χ1n) is 15.3. The molecule has 1 heterocycles. The third-order valence-electron chi connectivity index (χ3n) is 7.13. The van der Waals surface area contributed by atoms with Gasteiger partial charge in [-0.25, -0.2) is 0 Å². The van der Waals surface area contributed by atoms with Gasteiger partial charge in [-0.05, 0) is 31.5 Å². The Morgan fingerprint density at radius 3 is 2.15 bits per heavy atom. The number of aromatic nitrogens is 1. The molecule has 0 aliphatic rings. The molecule has 0 atom stereocenters. The van der Waals surface area contributed by atoms with Crippen LogP contribution in [-0.4, -0.2) is 26.2 Å². The van der Waals surface area contributed by atoms with Crippen LogP contribution < -0.4 is 24.1 Å². The van der Waals surface area contributed by atoms with Gasteiger partial charge in [0.15, 0.2) is 30.8 Å². The molecule has 0 bridgehead atoms. The maximum Gasteiger partial charge on any atom is 0.262 e. The topological polar surface area (TPSA) is 60.7 Å². The van der Waals surface area contributed by atoms with Crippen LogP contribution in [0.5, 0.6) is 17.2 Å². The molecule has 1 aromatic heterocycles. The zero-order valence-corrected chi connectivity index (χ0v) is 26.1. The van der Waals surface area contributed by atoms with Crippen molar-refractivity contribution in [1.82, 2.24) is 0 Å². The Bertz CT molecular complexity index is 1160. The number of methoxy groups -OCH3 is 1. The van der Waals surface area contributed by atoms with E-state index in [4.69, 9.17) is 14.2 Å². The van der Waals surface area contributed by atoms with Gasteiger partial charge in [0.05, 0.1) is 24.3 Å². The average molecular weight is 582 g/mol. The summed E-state index contributed by atoms with van der Waals surface area (Å²) in [5.41, 5.74) is 3.90. The fraction of sp³-hybridized carbons (Fsp3) is 0.529. The molecular formula is C34H49N2O4S+. The van der Waals surface area contributed by atoms with Gasteiger partial charge in [0, 0.05) is 5.56 Å². The number of hydrogen-bond donors (Lipinski definition) is 1. The Hall–Kier alpha value is -3.06. The van der Waals surface area contributed by atoms with E-state index in [0.717, 1.165) is 24.1 Å². The van der Waals surface area contributed by atoms with Gasteiger partial charge in [0.2, 0.25) is 11.3 Å². The number of rotatable bonds is 21. The van der Waals surface area contributed by atoms with Crippen molar-refractivity contribution in [2.75, 3.05) is 25.6 Å². The first-order valence-corrected chi connectivity index (χ1v) is 16.2. The number of carbonyl (C=O) groups is 1. The molecule has 224 valence electrons. The Balaban J connectivity index is 1.40. The molecule has 0 aliphatic carbocycles. The molecule has 6 nitrogen and oxygen atoms in total. The Morgan fingerprint density at radius 1 is 0.829 bits per heavy atom. The number of nitrogens with one attached hydrogen (secondary N) is 1. The number of nitrogens with zero attached hydrogens (tertiary/aromatic N) is 1. The van der Waals surface area contributed by atoms with E-state index in [1.54, 1.807) is 18.4 Å². The summed E-state index contributed by atoms with van der Waals surface area (Å²) in [6.07, 6.45) is 17.7. The minimum Gasteiger partial charge on any atom is -0.493 e. The Kier molecular flexibility index (Phi) is 15.1. The maximum atomic E-state index is 12.8. The van der Waals surface area contributed by atoms with Gasteiger partial charge in [-0.1, -0.05) is 113 Å². The van der Waals surface area contributed by atoms with Gasteiger partial charge in [-0.15, -0.1) is 0 Å². The van der Waals surface area contributed by atoms with Crippen LogP contribution in [0.1, 0.15) is 94.4 Å². The molecule has 0 unspecified atom stereocenters. The molecule has 0 spiro atoms. The summed E-state index contributed by atoms with van der Waals surface area (Å²) in [6.45, 7) is 5.51. The monoisotopic (exact) mass is 581 g/mol. The minimum atomic E-state index is -0.223. The van der Waals surface area contributed by atoms with Crippen LogP contribution in [0.2, 0.25) is 0 Å². The summed E-state index contributed by atoms with van der Waals surface area (Å²) < 4.78 is 19.7. The van der Waals surface area contributed by atoms with Crippen molar-refractivity contribution in [2.45, 2.75) is 97.4 Å². The third kappa shape index (κ3) is 12.1. The number of ether oxygens (including phenoxy) is 3. The molecule has 7 heteroatoms. The van der Waals surface area contributed by atoms with E-state index in [0.29, 0.717) is 30.4 Å². The Labute approximate surface area is 251 Å². The maximum absolute atomic E-state index is 12.8. The number of amides is 1. The summed E-state index contributed by atoms with van der Waals surface area (Å²) in [5.74, 6) is 1.44. The summed E-state index contributed by atoms with van der Waals surface area (Å²) in [5, 5.41) is 3.01. The van der Waals surface area contributed by atoms with Crippen LogP contribution in [0.25, 0.3) is 0 Å². The Morgan fingerprint density at radius 2 is 1.49 bits per heavy atom. The van der Waals surface area contributed by atoms with E-state index >= 15 is 0 Å². The predicted octanol–water partition coefficient (Wildman–Crippen LogP) is 8.50. The van der Waals surface area contributed by atoms with Gasteiger partial charge >= 0.3 is 0 Å². The number of unbranched alkanes of at least 4 members (excludes halogenated alkanes) is 11. The number of benzene rings is 2. The SMILES string of the molecule is CCCCCCCCCCCCCCOc1c(OC)cccc1OCC(=O)Nc1ccccc1C[n+]1csc(C)c1. The predicted molar refractivity (Wildman–Crippen MR) is 168 cm³/mol. The molecule has 41 heavy (non-hydrogen) atoms. The van der Waals surface area contributed by atoms with Crippen LogP contribution >= 0.6 is 11.3 Å². The molecule has 3 rings (SSSR count). The molecule has 0 aliphatic heterocycles. The molecule has 2 aromatic carbocycles. The molecule has 1 N–H and O–H groups in total. The highest BCUT2D eigenvalue weighted by Gasteiger charge is 2.15. The fourth-order valence-corrected chi connectivity index (χ4v) is 5.50. The summed E-state index contributed by atoms with van der Waals surface area (Å²) in [4.78, 5) is 14.1. The first-order chi connectivity index (χ1) is 20.1. The van der Waals surface area contributed by atoms with Crippen molar-refractivity contribution >= 4 is 22.9 Å². The van der Waals surface area contributed by atoms with Gasteiger partial charge < -0.3 is 19.5 Å². The highest BCUT2D eigenvalue weighted by molar-refractivity contribution is 7.09. The number of hydrogen-bond acceptors (Lipinski definition) is 5. The lowest BCUT2D eigenvalue weighted by atomic mass is 10.1. The van der Waals surface area contributed by atoms with Crippen molar-refractivity contribution < 1.29 is 23.6 Å². The van der Waals surface area contributed by atoms with Crippen molar-refractivity contribution in [3.63, 3.8) is 0 Å². The van der Waals surface area contributed by atoms with E-state index < -0.39 is 0 Å². The zero-order valence-electron chi connectivity index (χ0n) is 25.3. The smallest absolute Gasteiger partial charge is 0.262 e. The zero-order chi connectivity index (χ0) is 29.1. The van der Waals surface area contributed by atoms with Gasteiger partial charge in [-0.3, -0.25) is 4.79 Å². The number of anilines is 1. The second-order valence-electron chi connectivity index (χ2n) is 10.7. The highest BCUT2D eigenvalue weighted by Crippen LogP contribution is 2.37. The largest absolute Gasteiger partial charge is 0.493 e. The lowest BCUT2D eigenvalue weighted by Gasteiger charge is -2.16. The van der Waals surface area contributed by atoms with Gasteiger partial charge in [0.25, 0.3) is 5.91 Å². The normalized spacial score (nSPS) is 10.9. The van der Waals surface area contributed by atoms with E-state index in [9.17, 15) is 4.79 Å². The van der Waals surface area contributed by atoms with Crippen LogP contribution in [0.15, 0.2) is 54.2 Å². The summed E-state index contributed by atoms with van der Waals surface area (Å²) >= 11 is 1.70.